The van der Waals surface area contributed by atoms with Crippen LogP contribution >= 0.6 is 0 Å². The molecule has 42 heavy (non-hydrogen) atoms. The number of nitrogens with zero attached hydrogens (tertiary/aromatic N) is 2. The molecule has 2 aromatic rings. The maximum absolute atomic E-state index is 13.6. The van der Waals surface area contributed by atoms with Crippen LogP contribution in [0.15, 0.2) is 48.5 Å². The lowest BCUT2D eigenvalue weighted by Crippen LogP contribution is -2.56. The maximum atomic E-state index is 13.6. The van der Waals surface area contributed by atoms with E-state index in [1.807, 2.05) is 61.2 Å². The summed E-state index contributed by atoms with van der Waals surface area (Å²) in [5, 5.41) is 8.75. The van der Waals surface area contributed by atoms with Crippen molar-refractivity contribution in [1.82, 2.24) is 25.8 Å². The maximum Gasteiger partial charge on any atom is 0.245 e. The molecule has 3 atom stereocenters. The average molecular weight is 578 g/mol. The molecule has 0 spiro atoms. The van der Waals surface area contributed by atoms with Crippen LogP contribution in [0.5, 0.6) is 5.75 Å². The molecule has 0 aliphatic carbocycles. The molecule has 0 saturated carbocycles. The van der Waals surface area contributed by atoms with Crippen LogP contribution in [0.4, 0.5) is 0 Å². The quantitative estimate of drug-likeness (QED) is 0.481. The molecule has 2 aliphatic rings. The Morgan fingerprint density at radius 3 is 2.45 bits per heavy atom. The van der Waals surface area contributed by atoms with Gasteiger partial charge in [-0.1, -0.05) is 56.3 Å². The largest absolute Gasteiger partial charge is 0.493 e. The summed E-state index contributed by atoms with van der Waals surface area (Å²) in [5.41, 5.74) is 3.08. The summed E-state index contributed by atoms with van der Waals surface area (Å²) in [6.45, 7) is 7.48. The third kappa shape index (κ3) is 8.31. The highest BCUT2D eigenvalue weighted by atomic mass is 16.5. The van der Waals surface area contributed by atoms with Crippen LogP contribution in [0.25, 0.3) is 0 Å². The third-order valence-electron chi connectivity index (χ3n) is 7.82. The van der Waals surface area contributed by atoms with E-state index in [9.17, 15) is 19.2 Å². The van der Waals surface area contributed by atoms with Gasteiger partial charge in [0.1, 0.15) is 23.9 Å². The molecule has 2 heterocycles. The van der Waals surface area contributed by atoms with Gasteiger partial charge in [0.15, 0.2) is 0 Å². The van der Waals surface area contributed by atoms with Crippen LogP contribution in [0.2, 0.25) is 0 Å². The minimum Gasteiger partial charge on any atom is -0.493 e. The number of carbonyl (C=O) groups is 4. The van der Waals surface area contributed by atoms with E-state index in [1.54, 1.807) is 14.0 Å². The fourth-order valence-corrected chi connectivity index (χ4v) is 5.37. The monoisotopic (exact) mass is 577 g/mol. The SMILES string of the molecule is CC(C)C[C@@H]1NC(=O)CN(Cc2ccc3c(c2)CCO3)CCNC(=O)[C@H](Cc2ccccc2)NC(=O)[C@H](C)N(C)C1=O. The topological polar surface area (TPSA) is 120 Å². The Labute approximate surface area is 248 Å². The van der Waals surface area contributed by atoms with E-state index >= 15 is 0 Å². The molecule has 3 N–H and O–H groups in total. The number of amides is 4. The van der Waals surface area contributed by atoms with Gasteiger partial charge in [0.25, 0.3) is 0 Å². The van der Waals surface area contributed by atoms with Gasteiger partial charge in [-0.25, -0.2) is 0 Å². The molecule has 0 unspecified atom stereocenters. The molecule has 0 bridgehead atoms. The Bertz CT molecular complexity index is 1270. The number of hydrogen-bond donors (Lipinski definition) is 3. The molecular formula is C32H43N5O5. The van der Waals surface area contributed by atoms with Gasteiger partial charge in [0.2, 0.25) is 23.6 Å². The number of benzene rings is 2. The molecule has 2 aliphatic heterocycles. The van der Waals surface area contributed by atoms with Gasteiger partial charge in [-0.05, 0) is 42.0 Å². The molecule has 10 heteroatoms. The van der Waals surface area contributed by atoms with Crippen molar-refractivity contribution in [2.24, 2.45) is 5.92 Å². The summed E-state index contributed by atoms with van der Waals surface area (Å²) >= 11 is 0. The number of nitrogens with one attached hydrogen (secondary N) is 3. The van der Waals surface area contributed by atoms with Gasteiger partial charge >= 0.3 is 0 Å². The number of rotatable bonds is 6. The molecule has 10 nitrogen and oxygen atoms in total. The highest BCUT2D eigenvalue weighted by molar-refractivity contribution is 5.94. The van der Waals surface area contributed by atoms with E-state index < -0.39 is 24.0 Å². The second-order valence-corrected chi connectivity index (χ2v) is 11.7. The molecule has 1 saturated heterocycles. The zero-order chi connectivity index (χ0) is 30.2. The van der Waals surface area contributed by atoms with E-state index in [0.717, 1.165) is 28.9 Å². The van der Waals surface area contributed by atoms with Gasteiger partial charge < -0.3 is 25.6 Å². The first kappa shape index (κ1) is 31.0. The Morgan fingerprint density at radius 2 is 1.71 bits per heavy atom. The lowest BCUT2D eigenvalue weighted by molar-refractivity contribution is -0.142. The zero-order valence-corrected chi connectivity index (χ0v) is 25.0. The highest BCUT2D eigenvalue weighted by Gasteiger charge is 2.32. The Kier molecular flexibility index (Phi) is 10.6. The van der Waals surface area contributed by atoms with Gasteiger partial charge in [0, 0.05) is 39.5 Å². The lowest BCUT2D eigenvalue weighted by Gasteiger charge is -2.30. The van der Waals surface area contributed by atoms with Crippen molar-refractivity contribution in [2.45, 2.75) is 64.7 Å². The van der Waals surface area contributed by atoms with Crippen LogP contribution in [-0.4, -0.2) is 84.8 Å². The fourth-order valence-electron chi connectivity index (χ4n) is 5.37. The lowest BCUT2D eigenvalue weighted by atomic mass is 10.0. The second kappa shape index (κ2) is 14.3. The molecule has 2 aromatic carbocycles. The van der Waals surface area contributed by atoms with E-state index in [1.165, 1.54) is 4.90 Å². The first-order valence-electron chi connectivity index (χ1n) is 14.8. The van der Waals surface area contributed by atoms with Crippen molar-refractivity contribution in [3.05, 3.63) is 65.2 Å². The summed E-state index contributed by atoms with van der Waals surface area (Å²) in [4.78, 5) is 56.8. The number of fused-ring (bicyclic) bond motifs is 1. The van der Waals surface area contributed by atoms with Crippen LogP contribution in [0.3, 0.4) is 0 Å². The van der Waals surface area contributed by atoms with Gasteiger partial charge in [-0.15, -0.1) is 0 Å². The van der Waals surface area contributed by atoms with Crippen molar-refractivity contribution in [3.8, 4) is 5.75 Å². The number of carbonyl (C=O) groups excluding carboxylic acids is 4. The average Bonchev–Trinajstić information content (AvgIpc) is 3.43. The first-order chi connectivity index (χ1) is 20.1. The third-order valence-corrected chi connectivity index (χ3v) is 7.82. The summed E-state index contributed by atoms with van der Waals surface area (Å²) in [7, 11) is 1.56. The Morgan fingerprint density at radius 1 is 0.952 bits per heavy atom. The number of likely N-dealkylation sites (N-methyl/N-ethyl adjacent to an activating group) is 1. The van der Waals surface area contributed by atoms with E-state index in [0.29, 0.717) is 32.5 Å². The highest BCUT2D eigenvalue weighted by Crippen LogP contribution is 2.26. The molecule has 1 fully saturated rings. The Balaban J connectivity index is 1.59. The zero-order valence-electron chi connectivity index (χ0n) is 25.0. The van der Waals surface area contributed by atoms with E-state index in [2.05, 4.69) is 22.0 Å². The van der Waals surface area contributed by atoms with Crippen LogP contribution < -0.4 is 20.7 Å². The van der Waals surface area contributed by atoms with Crippen molar-refractivity contribution < 1.29 is 23.9 Å². The van der Waals surface area contributed by atoms with Crippen molar-refractivity contribution in [1.29, 1.82) is 0 Å². The molecule has 4 amide bonds. The van der Waals surface area contributed by atoms with Crippen molar-refractivity contribution in [3.63, 3.8) is 0 Å². The summed E-state index contributed by atoms with van der Waals surface area (Å²) in [5.74, 6) is -0.356. The van der Waals surface area contributed by atoms with Gasteiger partial charge in [0.05, 0.1) is 13.2 Å². The molecule has 226 valence electrons. The van der Waals surface area contributed by atoms with Crippen LogP contribution in [0, 0.1) is 5.92 Å². The molecule has 0 radical (unpaired) electrons. The first-order valence-corrected chi connectivity index (χ1v) is 14.8. The minimum atomic E-state index is -0.847. The standard InChI is InChI=1S/C32H43N5O5/c1-21(2)16-27-32(41)36(4)22(3)30(39)35-26(18-23-8-6-5-7-9-23)31(40)33-13-14-37(20-29(38)34-27)19-24-10-11-28-25(17-24)12-15-42-28/h5-11,17,21-22,26-27H,12-16,18-20H2,1-4H3,(H,33,40)(H,34,38)(H,35,39)/t22-,26-,27-/m0/s1. The normalized spacial score (nSPS) is 22.9. The minimum absolute atomic E-state index is 0.0508. The van der Waals surface area contributed by atoms with Crippen molar-refractivity contribution in [2.75, 3.05) is 33.3 Å². The van der Waals surface area contributed by atoms with Gasteiger partial charge in [-0.3, -0.25) is 24.1 Å². The predicted octanol–water partition coefficient (Wildman–Crippen LogP) is 1.66. The molecule has 0 aromatic heterocycles. The van der Waals surface area contributed by atoms with E-state index in [4.69, 9.17) is 4.74 Å². The Hall–Kier alpha value is -3.92. The smallest absolute Gasteiger partial charge is 0.245 e. The second-order valence-electron chi connectivity index (χ2n) is 11.7. The summed E-state index contributed by atoms with van der Waals surface area (Å²) in [6.07, 6.45) is 1.59. The number of ether oxygens (including phenoxy) is 1. The summed E-state index contributed by atoms with van der Waals surface area (Å²) < 4.78 is 5.64. The van der Waals surface area contributed by atoms with Gasteiger partial charge in [-0.2, -0.15) is 0 Å². The van der Waals surface area contributed by atoms with Crippen LogP contribution in [0.1, 0.15) is 43.9 Å². The van der Waals surface area contributed by atoms with Crippen molar-refractivity contribution >= 4 is 23.6 Å². The van der Waals surface area contributed by atoms with Crippen LogP contribution in [-0.2, 0) is 38.6 Å². The van der Waals surface area contributed by atoms with E-state index in [-0.39, 0.29) is 36.7 Å². The summed E-state index contributed by atoms with van der Waals surface area (Å²) in [6, 6.07) is 13.1. The predicted molar refractivity (Wildman–Crippen MR) is 160 cm³/mol. The fraction of sp³-hybridized carbons (Fsp3) is 0.500. The molecule has 4 rings (SSSR count). The molecular weight excluding hydrogens is 534 g/mol. The number of hydrogen-bond acceptors (Lipinski definition) is 6.